The highest BCUT2D eigenvalue weighted by molar-refractivity contribution is 8.22. The highest BCUT2D eigenvalue weighted by atomic mass is 32.2. The Labute approximate surface area is 137 Å². The van der Waals surface area contributed by atoms with Crippen LogP contribution in [-0.4, -0.2) is 27.4 Å². The maximum atomic E-state index is 10.1. The molecule has 0 saturated carbocycles. The molecule has 0 atom stereocenters. The van der Waals surface area contributed by atoms with Gasteiger partial charge in [0.15, 0.2) is 0 Å². The lowest BCUT2D eigenvalue weighted by Gasteiger charge is -2.28. The molecule has 2 nitrogen and oxygen atoms in total. The van der Waals surface area contributed by atoms with Gasteiger partial charge in [0.1, 0.15) is 10.1 Å². The summed E-state index contributed by atoms with van der Waals surface area (Å²) in [6.07, 6.45) is 3.85. The van der Waals surface area contributed by atoms with E-state index in [9.17, 15) is 5.11 Å². The fraction of sp³-hybridized carbons (Fsp3) is 0.588. The Kier molecular flexibility index (Phi) is 5.55. The van der Waals surface area contributed by atoms with Crippen molar-refractivity contribution in [1.82, 2.24) is 4.90 Å². The van der Waals surface area contributed by atoms with Gasteiger partial charge in [-0.2, -0.15) is 0 Å². The SMILES string of the molecule is Cc1c(C)c(CSC(=S)N2CCCCC2)c(C)c(C)c1O. The van der Waals surface area contributed by atoms with Gasteiger partial charge >= 0.3 is 0 Å². The molecular formula is C17H25NOS2. The van der Waals surface area contributed by atoms with E-state index in [0.29, 0.717) is 5.75 Å². The van der Waals surface area contributed by atoms with Crippen molar-refractivity contribution in [3.8, 4) is 5.75 Å². The van der Waals surface area contributed by atoms with Gasteiger partial charge in [0.25, 0.3) is 0 Å². The van der Waals surface area contributed by atoms with Gasteiger partial charge in [-0.15, -0.1) is 0 Å². The summed E-state index contributed by atoms with van der Waals surface area (Å²) in [6, 6.07) is 0. The molecule has 0 spiro atoms. The first kappa shape index (κ1) is 16.6. The van der Waals surface area contributed by atoms with Gasteiger partial charge in [-0.3, -0.25) is 0 Å². The molecule has 0 bridgehead atoms. The van der Waals surface area contributed by atoms with Gasteiger partial charge in [0.2, 0.25) is 0 Å². The predicted molar refractivity (Wildman–Crippen MR) is 96.4 cm³/mol. The number of hydrogen-bond acceptors (Lipinski definition) is 3. The number of phenols is 1. The Hall–Kier alpha value is -0.740. The highest BCUT2D eigenvalue weighted by Crippen LogP contribution is 2.34. The van der Waals surface area contributed by atoms with E-state index in [4.69, 9.17) is 12.2 Å². The molecule has 0 amide bonds. The number of thioether (sulfide) groups is 1. The van der Waals surface area contributed by atoms with Gasteiger partial charge in [-0.25, -0.2) is 0 Å². The number of nitrogens with zero attached hydrogens (tertiary/aromatic N) is 1. The standard InChI is InChI=1S/C17H25NOS2/c1-11-13(3)16(19)14(4)12(2)15(11)10-21-17(20)18-8-6-5-7-9-18/h19H,5-10H2,1-4H3. The van der Waals surface area contributed by atoms with Crippen LogP contribution in [-0.2, 0) is 5.75 Å². The molecule has 1 aliphatic heterocycles. The fourth-order valence-corrected chi connectivity index (χ4v) is 4.31. The number of rotatable bonds is 2. The van der Waals surface area contributed by atoms with Crippen LogP contribution in [0.4, 0.5) is 0 Å². The minimum atomic E-state index is 0.442. The van der Waals surface area contributed by atoms with E-state index in [1.54, 1.807) is 11.8 Å². The Morgan fingerprint density at radius 1 is 1.00 bits per heavy atom. The van der Waals surface area contributed by atoms with Crippen molar-refractivity contribution < 1.29 is 5.11 Å². The van der Waals surface area contributed by atoms with E-state index in [2.05, 4.69) is 18.7 Å². The molecule has 1 saturated heterocycles. The number of thiocarbonyl (C=S) groups is 1. The molecule has 1 fully saturated rings. The predicted octanol–water partition coefficient (Wildman–Crippen LogP) is 4.63. The number of likely N-dealkylation sites (tertiary alicyclic amines) is 1. The van der Waals surface area contributed by atoms with Gasteiger partial charge in [0.05, 0.1) is 0 Å². The molecule has 0 aliphatic carbocycles. The van der Waals surface area contributed by atoms with Crippen LogP contribution in [0.1, 0.15) is 47.1 Å². The van der Waals surface area contributed by atoms with Crippen molar-refractivity contribution in [3.05, 3.63) is 27.8 Å². The van der Waals surface area contributed by atoms with E-state index in [0.717, 1.165) is 34.3 Å². The fourth-order valence-electron chi connectivity index (χ4n) is 2.89. The molecule has 1 aromatic carbocycles. The topological polar surface area (TPSA) is 23.5 Å². The quantitative estimate of drug-likeness (QED) is 0.802. The number of benzene rings is 1. The minimum absolute atomic E-state index is 0.442. The van der Waals surface area contributed by atoms with Gasteiger partial charge in [0, 0.05) is 18.8 Å². The van der Waals surface area contributed by atoms with Crippen LogP contribution in [0.25, 0.3) is 0 Å². The van der Waals surface area contributed by atoms with E-state index < -0.39 is 0 Å². The number of aromatic hydroxyl groups is 1. The summed E-state index contributed by atoms with van der Waals surface area (Å²) in [5, 5.41) is 10.1. The average molecular weight is 324 g/mol. The van der Waals surface area contributed by atoms with Crippen LogP contribution in [0.3, 0.4) is 0 Å². The molecule has 1 aliphatic rings. The van der Waals surface area contributed by atoms with Gasteiger partial charge in [-0.1, -0.05) is 24.0 Å². The molecule has 4 heteroatoms. The molecule has 21 heavy (non-hydrogen) atoms. The first-order valence-electron chi connectivity index (χ1n) is 7.63. The maximum absolute atomic E-state index is 10.1. The summed E-state index contributed by atoms with van der Waals surface area (Å²) < 4.78 is 1.02. The highest BCUT2D eigenvalue weighted by Gasteiger charge is 2.17. The zero-order valence-electron chi connectivity index (χ0n) is 13.5. The summed E-state index contributed by atoms with van der Waals surface area (Å²) in [5.41, 5.74) is 5.72. The molecule has 2 rings (SSSR count). The van der Waals surface area contributed by atoms with E-state index >= 15 is 0 Å². The molecule has 0 radical (unpaired) electrons. The molecular weight excluding hydrogens is 298 g/mol. The van der Waals surface area contributed by atoms with E-state index in [1.807, 2.05) is 13.8 Å². The zero-order valence-corrected chi connectivity index (χ0v) is 15.1. The summed E-state index contributed by atoms with van der Waals surface area (Å²) in [7, 11) is 0. The van der Waals surface area contributed by atoms with Crippen LogP contribution in [0, 0.1) is 27.7 Å². The molecule has 116 valence electrons. The number of hydrogen-bond donors (Lipinski definition) is 1. The second-order valence-corrected chi connectivity index (χ2v) is 7.54. The van der Waals surface area contributed by atoms with E-state index in [-0.39, 0.29) is 0 Å². The molecule has 1 N–H and O–H groups in total. The van der Waals surface area contributed by atoms with Crippen molar-refractivity contribution >= 4 is 28.3 Å². The zero-order chi connectivity index (χ0) is 15.6. The Morgan fingerprint density at radius 2 is 1.52 bits per heavy atom. The van der Waals surface area contributed by atoms with Crippen molar-refractivity contribution in [3.63, 3.8) is 0 Å². The maximum Gasteiger partial charge on any atom is 0.136 e. The lowest BCUT2D eigenvalue weighted by molar-refractivity contribution is 0.352. The lowest BCUT2D eigenvalue weighted by Crippen LogP contribution is -2.32. The minimum Gasteiger partial charge on any atom is -0.507 e. The molecule has 0 unspecified atom stereocenters. The molecule has 1 heterocycles. The first-order valence-corrected chi connectivity index (χ1v) is 9.02. The van der Waals surface area contributed by atoms with Crippen molar-refractivity contribution in [2.75, 3.05) is 13.1 Å². The number of piperidine rings is 1. The molecule has 0 aromatic heterocycles. The smallest absolute Gasteiger partial charge is 0.136 e. The second kappa shape index (κ2) is 7.01. The largest absolute Gasteiger partial charge is 0.507 e. The number of phenolic OH excluding ortho intramolecular Hbond substituents is 1. The Bertz CT molecular complexity index is 519. The van der Waals surface area contributed by atoms with Crippen LogP contribution in [0.5, 0.6) is 5.75 Å². The van der Waals surface area contributed by atoms with Gasteiger partial charge < -0.3 is 10.0 Å². The summed E-state index contributed by atoms with van der Waals surface area (Å²) in [4.78, 5) is 2.34. The Morgan fingerprint density at radius 3 is 2.05 bits per heavy atom. The normalized spacial score (nSPS) is 15.3. The first-order chi connectivity index (χ1) is 9.93. The summed E-state index contributed by atoms with van der Waals surface area (Å²) >= 11 is 7.35. The summed E-state index contributed by atoms with van der Waals surface area (Å²) in [5.74, 6) is 1.34. The summed E-state index contributed by atoms with van der Waals surface area (Å²) in [6.45, 7) is 10.4. The third-order valence-electron chi connectivity index (χ3n) is 4.69. The van der Waals surface area contributed by atoms with Crippen LogP contribution in [0.15, 0.2) is 0 Å². The monoisotopic (exact) mass is 323 g/mol. The molecule has 1 aromatic rings. The third kappa shape index (κ3) is 3.54. The third-order valence-corrected chi connectivity index (χ3v) is 6.24. The van der Waals surface area contributed by atoms with E-state index in [1.165, 1.54) is 36.0 Å². The van der Waals surface area contributed by atoms with Gasteiger partial charge in [-0.05, 0) is 74.8 Å². The van der Waals surface area contributed by atoms with Crippen molar-refractivity contribution in [2.24, 2.45) is 0 Å². The average Bonchev–Trinajstić information content (AvgIpc) is 2.51. The lowest BCUT2D eigenvalue weighted by atomic mass is 9.94. The van der Waals surface area contributed by atoms with Crippen molar-refractivity contribution in [1.29, 1.82) is 0 Å². The van der Waals surface area contributed by atoms with Crippen LogP contribution in [0.2, 0.25) is 0 Å². The van der Waals surface area contributed by atoms with Crippen molar-refractivity contribution in [2.45, 2.75) is 52.7 Å². The van der Waals surface area contributed by atoms with Crippen LogP contribution < -0.4 is 0 Å². The van der Waals surface area contributed by atoms with Crippen LogP contribution >= 0.6 is 24.0 Å². The second-order valence-electron chi connectivity index (χ2n) is 5.93. The Balaban J connectivity index is 2.11.